The molecule has 1 saturated carbocycles. The monoisotopic (exact) mass is 463 g/mol. The van der Waals surface area contributed by atoms with Gasteiger partial charge in [-0.1, -0.05) is 55.1 Å². The third-order valence-corrected chi connectivity index (χ3v) is 7.80. The highest BCUT2D eigenvalue weighted by atomic mass is 35.5. The fraction of sp³-hybridized carbons (Fsp3) is 0.458. The third kappa shape index (κ3) is 7.06. The molecule has 7 heteroatoms. The molecule has 2 aromatic rings. The van der Waals surface area contributed by atoms with E-state index in [1.54, 1.807) is 24.3 Å². The number of carboxylic acids is 1. The van der Waals surface area contributed by atoms with Crippen LogP contribution in [0, 0.1) is 0 Å². The Bertz CT molecular complexity index is 966. The van der Waals surface area contributed by atoms with Crippen molar-refractivity contribution < 1.29 is 18.3 Å². The molecular formula is C24H30ClNO4S. The molecule has 31 heavy (non-hydrogen) atoms. The molecule has 2 N–H and O–H groups in total. The molecule has 0 aliphatic heterocycles. The standard InChI is InChI=1S/C24H30ClNO4S/c25-21-12-14-22(15-13-21)31(29,30)26-24(16-4-1-5-17-24)18-20-10-8-19(9-11-20)6-2-3-7-23(27)28/h8-15,26H,1-7,16-18H2,(H,27,28). The summed E-state index contributed by atoms with van der Waals surface area (Å²) in [7, 11) is -3.64. The van der Waals surface area contributed by atoms with Gasteiger partial charge >= 0.3 is 5.97 Å². The Hall–Kier alpha value is -1.89. The first kappa shape index (κ1) is 23.8. The van der Waals surface area contributed by atoms with Gasteiger partial charge in [0.05, 0.1) is 4.90 Å². The van der Waals surface area contributed by atoms with Crippen molar-refractivity contribution in [3.05, 3.63) is 64.7 Å². The van der Waals surface area contributed by atoms with Crippen LogP contribution in [0.15, 0.2) is 53.4 Å². The van der Waals surface area contributed by atoms with E-state index in [9.17, 15) is 13.2 Å². The van der Waals surface area contributed by atoms with Crippen molar-refractivity contribution in [3.63, 3.8) is 0 Å². The summed E-state index contributed by atoms with van der Waals surface area (Å²) in [4.78, 5) is 10.9. The van der Waals surface area contributed by atoms with Crippen molar-refractivity contribution in [3.8, 4) is 0 Å². The van der Waals surface area contributed by atoms with Gasteiger partial charge in [-0.25, -0.2) is 13.1 Å². The second-order valence-electron chi connectivity index (χ2n) is 8.49. The smallest absolute Gasteiger partial charge is 0.303 e. The Morgan fingerprint density at radius 2 is 1.55 bits per heavy atom. The van der Waals surface area contributed by atoms with Crippen LogP contribution in [0.25, 0.3) is 0 Å². The Labute approximate surface area is 189 Å². The average Bonchev–Trinajstić information content (AvgIpc) is 2.73. The van der Waals surface area contributed by atoms with Crippen LogP contribution < -0.4 is 4.72 Å². The molecule has 168 valence electrons. The van der Waals surface area contributed by atoms with Crippen molar-refractivity contribution in [1.29, 1.82) is 0 Å². The summed E-state index contributed by atoms with van der Waals surface area (Å²) in [6.45, 7) is 0. The third-order valence-electron chi connectivity index (χ3n) is 5.96. The lowest BCUT2D eigenvalue weighted by Crippen LogP contribution is -2.51. The molecule has 0 saturated heterocycles. The number of unbranched alkanes of at least 4 members (excludes halogenated alkanes) is 1. The highest BCUT2D eigenvalue weighted by Gasteiger charge is 2.36. The number of hydrogen-bond acceptors (Lipinski definition) is 3. The van der Waals surface area contributed by atoms with Crippen molar-refractivity contribution in [2.24, 2.45) is 0 Å². The molecule has 3 rings (SSSR count). The Kier molecular flexibility index (Phi) is 8.14. The second kappa shape index (κ2) is 10.6. The van der Waals surface area contributed by atoms with Gasteiger partial charge in [-0.15, -0.1) is 0 Å². The van der Waals surface area contributed by atoms with Crippen molar-refractivity contribution in [1.82, 2.24) is 4.72 Å². The second-order valence-corrected chi connectivity index (χ2v) is 10.6. The van der Waals surface area contributed by atoms with Crippen molar-refractivity contribution in [2.75, 3.05) is 0 Å². The number of hydrogen-bond donors (Lipinski definition) is 2. The van der Waals surface area contributed by atoms with Crippen LogP contribution in [0.2, 0.25) is 5.02 Å². The molecule has 0 amide bonds. The molecule has 0 unspecified atom stereocenters. The van der Waals surface area contributed by atoms with Gasteiger partial charge in [-0.3, -0.25) is 4.79 Å². The normalized spacial score (nSPS) is 16.2. The van der Waals surface area contributed by atoms with Gasteiger partial charge in [-0.05, 0) is 73.9 Å². The molecule has 0 radical (unpaired) electrons. The zero-order valence-electron chi connectivity index (χ0n) is 17.6. The quantitative estimate of drug-likeness (QED) is 0.464. The molecule has 0 heterocycles. The maximum atomic E-state index is 13.1. The molecule has 0 bridgehead atoms. The SMILES string of the molecule is O=C(O)CCCCc1ccc(CC2(NS(=O)(=O)c3ccc(Cl)cc3)CCCCC2)cc1. The van der Waals surface area contributed by atoms with Crippen LogP contribution >= 0.6 is 11.6 Å². The number of aryl methyl sites for hydroxylation is 1. The van der Waals surface area contributed by atoms with Gasteiger partial charge in [0.2, 0.25) is 10.0 Å². The number of sulfonamides is 1. The number of carboxylic acid groups (broad SMARTS) is 1. The van der Waals surface area contributed by atoms with E-state index in [0.29, 0.717) is 17.9 Å². The number of nitrogens with one attached hydrogen (secondary N) is 1. The lowest BCUT2D eigenvalue weighted by atomic mass is 9.78. The maximum absolute atomic E-state index is 13.1. The molecule has 1 aliphatic carbocycles. The Morgan fingerprint density at radius 1 is 0.935 bits per heavy atom. The predicted molar refractivity (Wildman–Crippen MR) is 123 cm³/mol. The molecule has 0 atom stereocenters. The van der Waals surface area contributed by atoms with E-state index in [0.717, 1.165) is 50.5 Å². The minimum Gasteiger partial charge on any atom is -0.481 e. The first-order chi connectivity index (χ1) is 14.8. The summed E-state index contributed by atoms with van der Waals surface area (Å²) in [5.74, 6) is -0.755. The molecule has 5 nitrogen and oxygen atoms in total. The van der Waals surface area contributed by atoms with Crippen LogP contribution in [-0.4, -0.2) is 25.0 Å². The molecule has 0 spiro atoms. The molecule has 1 fully saturated rings. The number of carbonyl (C=O) groups is 1. The molecular weight excluding hydrogens is 434 g/mol. The van der Waals surface area contributed by atoms with Gasteiger partial charge in [0.15, 0.2) is 0 Å². The van der Waals surface area contributed by atoms with E-state index < -0.39 is 21.5 Å². The van der Waals surface area contributed by atoms with Crippen molar-refractivity contribution in [2.45, 2.75) is 74.6 Å². The minimum absolute atomic E-state index is 0.203. The van der Waals surface area contributed by atoms with Gasteiger partial charge in [0, 0.05) is 17.0 Å². The summed E-state index contributed by atoms with van der Waals surface area (Å²) < 4.78 is 29.2. The molecule has 0 aromatic heterocycles. The average molecular weight is 464 g/mol. The maximum Gasteiger partial charge on any atom is 0.303 e. The number of aliphatic carboxylic acids is 1. The zero-order chi connectivity index (χ0) is 22.3. The summed E-state index contributed by atoms with van der Waals surface area (Å²) >= 11 is 5.91. The van der Waals surface area contributed by atoms with E-state index in [2.05, 4.69) is 29.0 Å². The number of halogens is 1. The summed E-state index contributed by atoms with van der Waals surface area (Å²) in [5, 5.41) is 9.25. The topological polar surface area (TPSA) is 83.5 Å². The Morgan fingerprint density at radius 3 is 2.16 bits per heavy atom. The minimum atomic E-state index is -3.64. The van der Waals surface area contributed by atoms with E-state index in [1.165, 1.54) is 5.56 Å². The van der Waals surface area contributed by atoms with Crippen LogP contribution in [0.4, 0.5) is 0 Å². The van der Waals surface area contributed by atoms with Gasteiger partial charge in [0.1, 0.15) is 0 Å². The number of rotatable bonds is 10. The van der Waals surface area contributed by atoms with E-state index >= 15 is 0 Å². The first-order valence-corrected chi connectivity index (χ1v) is 12.7. The predicted octanol–water partition coefficient (Wildman–Crippen LogP) is 5.36. The summed E-state index contributed by atoms with van der Waals surface area (Å²) in [6.07, 6.45) is 7.99. The van der Waals surface area contributed by atoms with Crippen molar-refractivity contribution >= 4 is 27.6 Å². The lowest BCUT2D eigenvalue weighted by Gasteiger charge is -2.38. The Balaban J connectivity index is 1.69. The first-order valence-electron chi connectivity index (χ1n) is 10.9. The number of benzene rings is 2. The van der Waals surface area contributed by atoms with Gasteiger partial charge < -0.3 is 5.11 Å². The van der Waals surface area contributed by atoms with Gasteiger partial charge in [0.25, 0.3) is 0 Å². The van der Waals surface area contributed by atoms with Crippen LogP contribution in [-0.2, 0) is 27.7 Å². The lowest BCUT2D eigenvalue weighted by molar-refractivity contribution is -0.137. The largest absolute Gasteiger partial charge is 0.481 e. The molecule has 1 aliphatic rings. The van der Waals surface area contributed by atoms with Crippen LogP contribution in [0.3, 0.4) is 0 Å². The van der Waals surface area contributed by atoms with Crippen LogP contribution in [0.1, 0.15) is 62.5 Å². The highest BCUT2D eigenvalue weighted by Crippen LogP contribution is 2.33. The van der Waals surface area contributed by atoms with E-state index in [4.69, 9.17) is 16.7 Å². The van der Waals surface area contributed by atoms with Crippen LogP contribution in [0.5, 0.6) is 0 Å². The fourth-order valence-electron chi connectivity index (χ4n) is 4.32. The van der Waals surface area contributed by atoms with Gasteiger partial charge in [-0.2, -0.15) is 0 Å². The molecule has 2 aromatic carbocycles. The fourth-order valence-corrected chi connectivity index (χ4v) is 5.91. The highest BCUT2D eigenvalue weighted by molar-refractivity contribution is 7.89. The summed E-state index contributed by atoms with van der Waals surface area (Å²) in [6, 6.07) is 14.6. The van der Waals surface area contributed by atoms with E-state index in [-0.39, 0.29) is 11.3 Å². The van der Waals surface area contributed by atoms with E-state index in [1.807, 2.05) is 0 Å². The summed E-state index contributed by atoms with van der Waals surface area (Å²) in [5.41, 5.74) is 1.79. The zero-order valence-corrected chi connectivity index (χ0v) is 19.2.